The summed E-state index contributed by atoms with van der Waals surface area (Å²) in [6.45, 7) is 2.54. The van der Waals surface area contributed by atoms with E-state index in [2.05, 4.69) is 13.0 Å². The van der Waals surface area contributed by atoms with Crippen molar-refractivity contribution >= 4 is 11.6 Å². The van der Waals surface area contributed by atoms with E-state index in [-0.39, 0.29) is 11.3 Å². The maximum atomic E-state index is 12.8. The van der Waals surface area contributed by atoms with Crippen molar-refractivity contribution in [2.75, 3.05) is 11.4 Å². The molecule has 100 valence electrons. The van der Waals surface area contributed by atoms with Crippen LogP contribution in [-0.2, 0) is 4.79 Å². The van der Waals surface area contributed by atoms with Gasteiger partial charge in [-0.3, -0.25) is 4.79 Å². The lowest BCUT2D eigenvalue weighted by Crippen LogP contribution is -2.41. The Morgan fingerprint density at radius 3 is 2.53 bits per heavy atom. The van der Waals surface area contributed by atoms with E-state index in [9.17, 15) is 4.79 Å². The molecule has 19 heavy (non-hydrogen) atoms. The van der Waals surface area contributed by atoms with Crippen molar-refractivity contribution in [1.82, 2.24) is 0 Å². The summed E-state index contributed by atoms with van der Waals surface area (Å²) in [4.78, 5) is 14.6. The van der Waals surface area contributed by atoms with Crippen LogP contribution in [-0.4, -0.2) is 12.5 Å². The van der Waals surface area contributed by atoms with Crippen LogP contribution in [0.3, 0.4) is 0 Å². The van der Waals surface area contributed by atoms with Crippen molar-refractivity contribution in [3.63, 3.8) is 0 Å². The van der Waals surface area contributed by atoms with Gasteiger partial charge < -0.3 is 4.90 Å². The summed E-state index contributed by atoms with van der Waals surface area (Å²) in [5.74, 6) is 0.173. The van der Waals surface area contributed by atoms with Crippen LogP contribution in [0.5, 0.6) is 0 Å². The van der Waals surface area contributed by atoms with Gasteiger partial charge in [-0.15, -0.1) is 0 Å². The van der Waals surface area contributed by atoms with Gasteiger partial charge in [-0.2, -0.15) is 5.26 Å². The van der Waals surface area contributed by atoms with Crippen molar-refractivity contribution in [2.45, 2.75) is 39.0 Å². The molecule has 1 amide bonds. The van der Waals surface area contributed by atoms with Crippen molar-refractivity contribution in [3.8, 4) is 6.07 Å². The predicted molar refractivity (Wildman–Crippen MR) is 75.6 cm³/mol. The fourth-order valence-corrected chi connectivity index (χ4v) is 2.81. The second-order valence-corrected chi connectivity index (χ2v) is 5.47. The normalized spacial score (nSPS) is 16.8. The molecule has 0 saturated heterocycles. The molecule has 3 nitrogen and oxygen atoms in total. The Morgan fingerprint density at radius 1 is 1.32 bits per heavy atom. The average Bonchev–Trinajstić information content (AvgIpc) is 2.88. The largest absolute Gasteiger partial charge is 0.311 e. The van der Waals surface area contributed by atoms with Gasteiger partial charge in [0.15, 0.2) is 0 Å². The van der Waals surface area contributed by atoms with E-state index in [0.717, 1.165) is 31.4 Å². The van der Waals surface area contributed by atoms with Crippen LogP contribution in [0.4, 0.5) is 5.69 Å². The second kappa shape index (κ2) is 5.88. The lowest BCUT2D eigenvalue weighted by molar-refractivity contribution is -0.127. The minimum Gasteiger partial charge on any atom is -0.311 e. The van der Waals surface area contributed by atoms with E-state index in [1.807, 2.05) is 30.3 Å². The van der Waals surface area contributed by atoms with Gasteiger partial charge in [0, 0.05) is 17.6 Å². The topological polar surface area (TPSA) is 44.1 Å². The molecular formula is C16H20N2O. The Hall–Kier alpha value is -1.82. The van der Waals surface area contributed by atoms with Crippen molar-refractivity contribution in [2.24, 2.45) is 5.41 Å². The maximum Gasteiger partial charge on any atom is 0.232 e. The first kappa shape index (κ1) is 13.6. The second-order valence-electron chi connectivity index (χ2n) is 5.47. The summed E-state index contributed by atoms with van der Waals surface area (Å²) >= 11 is 0. The van der Waals surface area contributed by atoms with Crippen molar-refractivity contribution in [3.05, 3.63) is 30.3 Å². The smallest absolute Gasteiger partial charge is 0.232 e. The fraction of sp³-hybridized carbons (Fsp3) is 0.500. The first-order chi connectivity index (χ1) is 9.17. The van der Waals surface area contributed by atoms with Crippen LogP contribution in [0.2, 0.25) is 0 Å². The number of carbonyl (C=O) groups is 1. The highest BCUT2D eigenvalue weighted by atomic mass is 16.2. The third-order valence-corrected chi connectivity index (χ3v) is 3.98. The van der Waals surface area contributed by atoms with Crippen LogP contribution in [0, 0.1) is 16.7 Å². The van der Waals surface area contributed by atoms with E-state index in [1.165, 1.54) is 0 Å². The molecule has 1 saturated carbocycles. The molecule has 3 heteroatoms. The highest BCUT2D eigenvalue weighted by molar-refractivity contribution is 5.97. The van der Waals surface area contributed by atoms with Gasteiger partial charge in [0.25, 0.3) is 0 Å². The Kier molecular flexibility index (Phi) is 4.21. The molecule has 0 N–H and O–H groups in total. The number of hydrogen-bond donors (Lipinski definition) is 0. The molecule has 1 aromatic carbocycles. The number of benzene rings is 1. The standard InChI is InChI=1S/C16H20N2O/c1-16(10-5-6-11-16)15(19)18(13-7-12-17)14-8-3-2-4-9-14/h2-4,8-9H,5-7,10-11,13H2,1H3. The van der Waals surface area contributed by atoms with Crippen LogP contribution in [0.1, 0.15) is 39.0 Å². The molecule has 2 rings (SSSR count). The molecule has 0 aromatic heterocycles. The summed E-state index contributed by atoms with van der Waals surface area (Å²) in [5.41, 5.74) is 0.654. The monoisotopic (exact) mass is 256 g/mol. The highest BCUT2D eigenvalue weighted by Crippen LogP contribution is 2.40. The van der Waals surface area contributed by atoms with Gasteiger partial charge in [-0.25, -0.2) is 0 Å². The number of amides is 1. The molecule has 1 fully saturated rings. The van der Waals surface area contributed by atoms with Gasteiger partial charge in [0.05, 0.1) is 12.5 Å². The summed E-state index contributed by atoms with van der Waals surface area (Å²) in [5, 5.41) is 8.79. The zero-order valence-corrected chi connectivity index (χ0v) is 11.4. The average molecular weight is 256 g/mol. The molecule has 0 unspecified atom stereocenters. The van der Waals surface area contributed by atoms with Crippen LogP contribution < -0.4 is 4.90 Å². The summed E-state index contributed by atoms with van der Waals surface area (Å²) < 4.78 is 0. The SMILES string of the molecule is CC1(C(=O)N(CCC#N)c2ccccc2)CCCC1. The number of nitrogens with zero attached hydrogens (tertiary/aromatic N) is 2. The molecule has 0 atom stereocenters. The molecular weight excluding hydrogens is 236 g/mol. The minimum absolute atomic E-state index is 0.173. The highest BCUT2D eigenvalue weighted by Gasteiger charge is 2.39. The molecule has 1 aromatic rings. The Labute approximate surface area is 114 Å². The first-order valence-corrected chi connectivity index (χ1v) is 6.91. The van der Waals surface area contributed by atoms with Crippen LogP contribution >= 0.6 is 0 Å². The third-order valence-electron chi connectivity index (χ3n) is 3.98. The van der Waals surface area contributed by atoms with Gasteiger partial charge in [-0.05, 0) is 25.0 Å². The minimum atomic E-state index is -0.245. The van der Waals surface area contributed by atoms with E-state index >= 15 is 0 Å². The lowest BCUT2D eigenvalue weighted by atomic mass is 9.87. The molecule has 0 radical (unpaired) electrons. The van der Waals surface area contributed by atoms with E-state index in [4.69, 9.17) is 5.26 Å². The fourth-order valence-electron chi connectivity index (χ4n) is 2.81. The maximum absolute atomic E-state index is 12.8. The van der Waals surface area contributed by atoms with Gasteiger partial charge in [0.1, 0.15) is 0 Å². The molecule has 0 bridgehead atoms. The molecule has 0 heterocycles. The Balaban J connectivity index is 2.23. The summed E-state index contributed by atoms with van der Waals surface area (Å²) in [6.07, 6.45) is 4.55. The number of nitriles is 1. The van der Waals surface area contributed by atoms with Crippen LogP contribution in [0.25, 0.3) is 0 Å². The lowest BCUT2D eigenvalue weighted by Gasteiger charge is -2.31. The molecule has 1 aliphatic rings. The predicted octanol–water partition coefficient (Wildman–Crippen LogP) is 3.51. The number of rotatable bonds is 4. The number of carbonyl (C=O) groups excluding carboxylic acids is 1. The quantitative estimate of drug-likeness (QED) is 0.827. The van der Waals surface area contributed by atoms with Crippen molar-refractivity contribution in [1.29, 1.82) is 5.26 Å². The zero-order valence-electron chi connectivity index (χ0n) is 11.4. The van der Waals surface area contributed by atoms with Crippen LogP contribution in [0.15, 0.2) is 30.3 Å². The number of anilines is 1. The molecule has 0 spiro atoms. The van der Waals surface area contributed by atoms with E-state index < -0.39 is 0 Å². The zero-order chi connectivity index (χ0) is 13.7. The van der Waals surface area contributed by atoms with Gasteiger partial charge in [-0.1, -0.05) is 38.0 Å². The van der Waals surface area contributed by atoms with E-state index in [1.54, 1.807) is 4.90 Å². The Bertz CT molecular complexity index is 469. The Morgan fingerprint density at radius 2 is 1.95 bits per heavy atom. The number of para-hydroxylation sites is 1. The summed E-state index contributed by atoms with van der Waals surface area (Å²) in [7, 11) is 0. The third kappa shape index (κ3) is 2.96. The molecule has 1 aliphatic carbocycles. The van der Waals surface area contributed by atoms with Crippen molar-refractivity contribution < 1.29 is 4.79 Å². The van der Waals surface area contributed by atoms with Gasteiger partial charge in [0.2, 0.25) is 5.91 Å². The molecule has 0 aliphatic heterocycles. The first-order valence-electron chi connectivity index (χ1n) is 6.91. The number of hydrogen-bond acceptors (Lipinski definition) is 2. The summed E-state index contributed by atoms with van der Waals surface area (Å²) in [6, 6.07) is 11.8. The van der Waals surface area contributed by atoms with E-state index in [0.29, 0.717) is 13.0 Å². The van der Waals surface area contributed by atoms with Gasteiger partial charge >= 0.3 is 0 Å².